The first-order valence-electron chi connectivity index (χ1n) is 3.66. The van der Waals surface area contributed by atoms with Gasteiger partial charge in [-0.1, -0.05) is 0 Å². The Morgan fingerprint density at radius 3 is 3.07 bits per heavy atom. The fraction of sp³-hybridized carbons (Fsp3) is 0.167. The summed E-state index contributed by atoms with van der Waals surface area (Å²) in [5.74, 6) is 0.327. The van der Waals surface area contributed by atoms with Crippen LogP contribution in [0.15, 0.2) is 11.0 Å². The Bertz CT molecular complexity index is 479. The first-order valence-corrected chi connectivity index (χ1v) is 4.84. The maximum Gasteiger partial charge on any atom is 0.380 e. The summed E-state index contributed by atoms with van der Waals surface area (Å²) in [4.78, 5) is 14.8. The fourth-order valence-corrected chi connectivity index (χ4v) is 1.40. The van der Waals surface area contributed by atoms with Gasteiger partial charge in [-0.3, -0.25) is 5.43 Å². The minimum Gasteiger partial charge on any atom is -0.256 e. The number of rotatable bonds is 1. The van der Waals surface area contributed by atoms with E-state index in [-0.39, 0.29) is 0 Å². The summed E-state index contributed by atoms with van der Waals surface area (Å²) in [5.41, 5.74) is 2.24. The summed E-state index contributed by atoms with van der Waals surface area (Å²) < 4.78 is 3.87. The number of nitriles is 1. The number of nitrogens with one attached hydrogen (secondary N) is 1. The van der Waals surface area contributed by atoms with E-state index in [1.54, 1.807) is 23.0 Å². The van der Waals surface area contributed by atoms with Crippen LogP contribution in [0.3, 0.4) is 0 Å². The lowest BCUT2D eigenvalue weighted by Crippen LogP contribution is -2.24. The van der Waals surface area contributed by atoms with Crippen molar-refractivity contribution in [3.63, 3.8) is 0 Å². The minimum atomic E-state index is -0.595. The monoisotopic (exact) mass is 210 g/mol. The molecule has 0 fully saturated rings. The van der Waals surface area contributed by atoms with Gasteiger partial charge in [0.2, 0.25) is 12.1 Å². The Kier molecular flexibility index (Phi) is 1.94. The van der Waals surface area contributed by atoms with Gasteiger partial charge in [-0.25, -0.2) is 13.9 Å². The molecule has 0 radical (unpaired) electrons. The molecule has 0 amide bonds. The van der Waals surface area contributed by atoms with Gasteiger partial charge in [0.1, 0.15) is 0 Å². The van der Waals surface area contributed by atoms with Crippen molar-refractivity contribution in [2.24, 2.45) is 0 Å². The molecule has 0 atom stereocenters. The zero-order valence-electron chi connectivity index (χ0n) is 7.21. The van der Waals surface area contributed by atoms with Crippen molar-refractivity contribution in [1.82, 2.24) is 18.8 Å². The lowest BCUT2D eigenvalue weighted by Gasteiger charge is -2.21. The summed E-state index contributed by atoms with van der Waals surface area (Å²) in [7, 11) is 0. The van der Waals surface area contributed by atoms with Crippen LogP contribution in [0.25, 0.3) is 6.20 Å². The molecular weight excluding hydrogens is 204 g/mol. The van der Waals surface area contributed by atoms with Gasteiger partial charge >= 0.3 is 5.69 Å². The number of anilines is 1. The van der Waals surface area contributed by atoms with E-state index >= 15 is 0 Å². The second-order valence-electron chi connectivity index (χ2n) is 2.39. The van der Waals surface area contributed by atoms with Crippen molar-refractivity contribution < 1.29 is 0 Å². The van der Waals surface area contributed by atoms with Gasteiger partial charge in [0, 0.05) is 6.26 Å². The molecule has 0 bridgehead atoms. The van der Waals surface area contributed by atoms with Crippen LogP contribution in [0.4, 0.5) is 5.95 Å². The SMILES string of the molecule is CSN1C=Cn2c(nc(=O)n2C#N)N1. The van der Waals surface area contributed by atoms with Crippen molar-refractivity contribution >= 4 is 24.1 Å². The van der Waals surface area contributed by atoms with Crippen LogP contribution >= 0.6 is 11.9 Å². The molecule has 0 spiro atoms. The first kappa shape index (κ1) is 8.71. The van der Waals surface area contributed by atoms with Gasteiger partial charge in [0.05, 0.1) is 12.4 Å². The van der Waals surface area contributed by atoms with Crippen molar-refractivity contribution in [3.8, 4) is 6.19 Å². The van der Waals surface area contributed by atoms with Gasteiger partial charge in [-0.15, -0.1) is 4.68 Å². The third-order valence-electron chi connectivity index (χ3n) is 1.66. The Labute approximate surface area is 83.3 Å². The van der Waals surface area contributed by atoms with E-state index in [4.69, 9.17) is 5.26 Å². The fourth-order valence-electron chi connectivity index (χ4n) is 1.05. The molecular formula is C6H6N6OS. The van der Waals surface area contributed by atoms with E-state index in [1.807, 2.05) is 6.26 Å². The van der Waals surface area contributed by atoms with Crippen LogP contribution in [0.5, 0.6) is 0 Å². The Morgan fingerprint density at radius 2 is 2.43 bits per heavy atom. The van der Waals surface area contributed by atoms with Gasteiger partial charge in [-0.2, -0.15) is 10.2 Å². The van der Waals surface area contributed by atoms with Crippen molar-refractivity contribution in [1.29, 1.82) is 5.26 Å². The molecule has 1 aromatic rings. The van der Waals surface area contributed by atoms with Gasteiger partial charge < -0.3 is 0 Å². The number of hydrogen-bond acceptors (Lipinski definition) is 6. The van der Waals surface area contributed by atoms with Crippen LogP contribution in [-0.2, 0) is 0 Å². The first-order chi connectivity index (χ1) is 6.76. The van der Waals surface area contributed by atoms with Crippen LogP contribution in [0, 0.1) is 11.5 Å². The Hall–Kier alpha value is -1.88. The van der Waals surface area contributed by atoms with Gasteiger partial charge in [-0.05, 0) is 11.9 Å². The molecule has 0 unspecified atom stereocenters. The summed E-state index contributed by atoms with van der Waals surface area (Å²) in [5, 5.41) is 8.66. The molecule has 72 valence electrons. The second kappa shape index (κ2) is 3.12. The van der Waals surface area contributed by atoms with Crippen LogP contribution in [0.2, 0.25) is 0 Å². The number of fused-ring (bicyclic) bond motifs is 1. The standard InChI is InChI=1S/C6H6N6OS/c1-14-12-3-2-10-5(9-12)8-6(13)11(10)4-7/h2-3H,1H3,(H,8,9,13). The second-order valence-corrected chi connectivity index (χ2v) is 3.15. The molecule has 2 rings (SSSR count). The highest BCUT2D eigenvalue weighted by Crippen LogP contribution is 2.15. The molecule has 0 saturated heterocycles. The summed E-state index contributed by atoms with van der Waals surface area (Å²) in [6.45, 7) is 0. The van der Waals surface area contributed by atoms with E-state index in [1.165, 1.54) is 16.6 Å². The smallest absolute Gasteiger partial charge is 0.256 e. The van der Waals surface area contributed by atoms with Crippen molar-refractivity contribution in [2.75, 3.05) is 11.7 Å². The van der Waals surface area contributed by atoms with Gasteiger partial charge in [0.25, 0.3) is 0 Å². The van der Waals surface area contributed by atoms with E-state index in [0.717, 1.165) is 4.68 Å². The third-order valence-corrected chi connectivity index (χ3v) is 2.27. The normalized spacial score (nSPS) is 13.3. The van der Waals surface area contributed by atoms with Crippen LogP contribution in [0.1, 0.15) is 0 Å². The predicted octanol–water partition coefficient (Wildman–Crippen LogP) is -0.277. The van der Waals surface area contributed by atoms with Crippen molar-refractivity contribution in [3.05, 3.63) is 16.7 Å². The van der Waals surface area contributed by atoms with E-state index in [0.29, 0.717) is 5.95 Å². The molecule has 14 heavy (non-hydrogen) atoms. The molecule has 1 aromatic heterocycles. The summed E-state index contributed by atoms with van der Waals surface area (Å²) >= 11 is 1.42. The topological polar surface area (TPSA) is 78.9 Å². The molecule has 1 aliphatic heterocycles. The molecule has 0 saturated carbocycles. The zero-order valence-corrected chi connectivity index (χ0v) is 8.02. The highest BCUT2D eigenvalue weighted by molar-refractivity contribution is 7.96. The summed E-state index contributed by atoms with van der Waals surface area (Å²) in [6, 6.07) is 0. The third kappa shape index (κ3) is 1.14. The van der Waals surface area contributed by atoms with Crippen LogP contribution in [-0.4, -0.2) is 25.0 Å². The number of aromatic nitrogens is 3. The predicted molar refractivity (Wildman–Crippen MR) is 51.8 cm³/mol. The van der Waals surface area contributed by atoms with E-state index in [9.17, 15) is 4.79 Å². The zero-order chi connectivity index (χ0) is 10.1. The molecule has 8 heteroatoms. The molecule has 0 aliphatic carbocycles. The summed E-state index contributed by atoms with van der Waals surface area (Å²) in [6.07, 6.45) is 6.86. The maximum absolute atomic E-state index is 11.1. The Morgan fingerprint density at radius 1 is 1.64 bits per heavy atom. The molecule has 7 nitrogen and oxygen atoms in total. The van der Waals surface area contributed by atoms with E-state index in [2.05, 4.69) is 10.4 Å². The van der Waals surface area contributed by atoms with Crippen LogP contribution < -0.4 is 11.1 Å². The highest BCUT2D eigenvalue weighted by atomic mass is 32.2. The Balaban J connectivity index is 2.51. The average molecular weight is 210 g/mol. The van der Waals surface area contributed by atoms with Crippen molar-refractivity contribution in [2.45, 2.75) is 0 Å². The molecule has 1 N–H and O–H groups in total. The largest absolute Gasteiger partial charge is 0.380 e. The lowest BCUT2D eigenvalue weighted by atomic mass is 10.8. The number of hydrogen-bond donors (Lipinski definition) is 1. The molecule has 2 heterocycles. The van der Waals surface area contributed by atoms with E-state index < -0.39 is 5.69 Å². The van der Waals surface area contributed by atoms with Gasteiger partial charge in [0.15, 0.2) is 0 Å². The minimum absolute atomic E-state index is 0.327. The number of hydrazine groups is 1. The quantitative estimate of drug-likeness (QED) is 0.642. The number of nitrogens with zero attached hydrogens (tertiary/aromatic N) is 5. The highest BCUT2D eigenvalue weighted by Gasteiger charge is 2.15. The molecule has 1 aliphatic rings. The maximum atomic E-state index is 11.1. The average Bonchev–Trinajstić information content (AvgIpc) is 2.51. The lowest BCUT2D eigenvalue weighted by molar-refractivity contribution is 0.675. The molecule has 0 aromatic carbocycles.